The first-order valence-electron chi connectivity index (χ1n) is 10.7. The topological polar surface area (TPSA) is 61.8 Å². The number of ketones is 1. The molecule has 0 saturated carbocycles. The molecule has 0 bridgehead atoms. The van der Waals surface area contributed by atoms with Crippen LogP contribution < -0.4 is 5.32 Å². The van der Waals surface area contributed by atoms with Crippen LogP contribution in [0, 0.1) is 0 Å². The number of amides is 1. The van der Waals surface area contributed by atoms with E-state index >= 15 is 0 Å². The summed E-state index contributed by atoms with van der Waals surface area (Å²) in [5.41, 5.74) is 2.88. The van der Waals surface area contributed by atoms with Gasteiger partial charge in [-0.15, -0.1) is 0 Å². The van der Waals surface area contributed by atoms with Crippen LogP contribution in [0.4, 0.5) is 5.69 Å². The Morgan fingerprint density at radius 1 is 1.00 bits per heavy atom. The number of carbonyl (C=O) groups is 2. The molecule has 3 aromatic rings. The third-order valence-corrected chi connectivity index (χ3v) is 8.96. The van der Waals surface area contributed by atoms with E-state index in [-0.39, 0.29) is 22.7 Å². The largest absolute Gasteiger partial charge is 0.323 e. The van der Waals surface area contributed by atoms with E-state index in [0.717, 1.165) is 21.3 Å². The first-order chi connectivity index (χ1) is 16.6. The highest BCUT2D eigenvalue weighted by atomic mass is 79.9. The summed E-state index contributed by atoms with van der Waals surface area (Å²) in [5, 5.41) is 3.54. The molecule has 0 aliphatic carbocycles. The maximum absolute atomic E-state index is 13.4. The van der Waals surface area contributed by atoms with E-state index < -0.39 is 5.54 Å². The number of anilines is 1. The van der Waals surface area contributed by atoms with Gasteiger partial charge in [0, 0.05) is 15.7 Å². The predicted octanol–water partition coefficient (Wildman–Crippen LogP) is 6.01. The number of aliphatic imine (C=N–C) groups is 1. The quantitative estimate of drug-likeness (QED) is 0.314. The molecule has 2 atom stereocenters. The third kappa shape index (κ3) is 3.35. The Bertz CT molecular complexity index is 1390. The number of amidine groups is 1. The molecule has 5 nitrogen and oxygen atoms in total. The minimum atomic E-state index is -1.41. The van der Waals surface area contributed by atoms with Gasteiger partial charge in [0.15, 0.2) is 11.0 Å². The normalized spacial score (nSPS) is 23.6. The molecule has 1 saturated heterocycles. The number of rotatable bonds is 2. The Morgan fingerprint density at radius 3 is 2.62 bits per heavy atom. The molecule has 3 heterocycles. The summed E-state index contributed by atoms with van der Waals surface area (Å²) in [6.45, 7) is 0. The minimum Gasteiger partial charge on any atom is -0.323 e. The number of benzene rings is 3. The lowest BCUT2D eigenvalue weighted by Crippen LogP contribution is -2.51. The molecule has 3 aliphatic rings. The Balaban J connectivity index is 1.49. The summed E-state index contributed by atoms with van der Waals surface area (Å²) in [5.74, 6) is -0.229. The molecule has 1 fully saturated rings. The molecular formula is C26H18BrN3O2S2. The standard InChI is InChI=1S/C26H18BrN3O2S2/c27-18-10-6-9-17(13-18)22-14-21(16-7-2-1-3-8-16)29-25(34-22)30-26(23(31)15-33-30)19-11-4-5-12-20(19)28-24(26)32/h1-14,22H,15H2,(H,28,32). The predicted molar refractivity (Wildman–Crippen MR) is 142 cm³/mol. The van der Waals surface area contributed by atoms with Gasteiger partial charge in [-0.25, -0.2) is 4.99 Å². The summed E-state index contributed by atoms with van der Waals surface area (Å²) >= 11 is 6.49. The molecule has 0 aromatic heterocycles. The van der Waals surface area contributed by atoms with Crippen molar-refractivity contribution in [3.63, 3.8) is 0 Å². The fourth-order valence-electron chi connectivity index (χ4n) is 4.53. The van der Waals surface area contributed by atoms with Gasteiger partial charge in [0.2, 0.25) is 5.54 Å². The van der Waals surface area contributed by atoms with E-state index in [2.05, 4.69) is 39.5 Å². The highest BCUT2D eigenvalue weighted by molar-refractivity contribution is 9.10. The number of hydrogen-bond acceptors (Lipinski definition) is 6. The van der Waals surface area contributed by atoms with Crippen molar-refractivity contribution >= 4 is 67.9 Å². The van der Waals surface area contributed by atoms with Crippen molar-refractivity contribution in [1.29, 1.82) is 0 Å². The molecule has 1 amide bonds. The average molecular weight is 548 g/mol. The van der Waals surface area contributed by atoms with Gasteiger partial charge < -0.3 is 5.32 Å². The van der Waals surface area contributed by atoms with Crippen molar-refractivity contribution in [2.24, 2.45) is 4.99 Å². The molecule has 1 N–H and O–H groups in total. The number of thioether (sulfide) groups is 1. The second-order valence-electron chi connectivity index (χ2n) is 8.11. The Labute approximate surface area is 214 Å². The SMILES string of the molecule is O=C1CSN(C2=NC(c3ccccc3)=CC(c3cccc(Br)c3)S2)C12C(=O)Nc1ccccc12. The van der Waals surface area contributed by atoms with Crippen LogP contribution >= 0.6 is 39.6 Å². The van der Waals surface area contributed by atoms with Crippen LogP contribution in [0.2, 0.25) is 0 Å². The lowest BCUT2D eigenvalue weighted by molar-refractivity contribution is -0.133. The van der Waals surface area contributed by atoms with E-state index in [0.29, 0.717) is 16.4 Å². The summed E-state index contributed by atoms with van der Waals surface area (Å²) in [6, 6.07) is 25.6. The van der Waals surface area contributed by atoms with Gasteiger partial charge in [-0.05, 0) is 47.3 Å². The lowest BCUT2D eigenvalue weighted by atomic mass is 9.87. The zero-order chi connectivity index (χ0) is 23.3. The summed E-state index contributed by atoms with van der Waals surface area (Å²) in [7, 11) is 0. The van der Waals surface area contributed by atoms with Crippen LogP contribution in [0.15, 0.2) is 94.4 Å². The Kier molecular flexibility index (Phi) is 5.39. The van der Waals surface area contributed by atoms with Crippen molar-refractivity contribution < 1.29 is 9.59 Å². The average Bonchev–Trinajstić information content (AvgIpc) is 3.37. The highest BCUT2D eigenvalue weighted by Gasteiger charge is 2.62. The van der Waals surface area contributed by atoms with Crippen molar-refractivity contribution in [2.75, 3.05) is 11.1 Å². The first-order valence-corrected chi connectivity index (χ1v) is 13.3. The molecule has 3 aromatic carbocycles. The van der Waals surface area contributed by atoms with Gasteiger partial charge in [-0.3, -0.25) is 13.9 Å². The summed E-state index contributed by atoms with van der Waals surface area (Å²) in [4.78, 5) is 31.8. The Morgan fingerprint density at radius 2 is 1.79 bits per heavy atom. The highest BCUT2D eigenvalue weighted by Crippen LogP contribution is 2.52. The van der Waals surface area contributed by atoms with E-state index in [4.69, 9.17) is 4.99 Å². The van der Waals surface area contributed by atoms with Gasteiger partial charge in [0.25, 0.3) is 5.91 Å². The van der Waals surface area contributed by atoms with Crippen molar-refractivity contribution in [3.05, 3.63) is 106 Å². The molecule has 3 aliphatic heterocycles. The van der Waals surface area contributed by atoms with Gasteiger partial charge in [-0.1, -0.05) is 88.4 Å². The van der Waals surface area contributed by atoms with Gasteiger partial charge >= 0.3 is 0 Å². The molecular weight excluding hydrogens is 530 g/mol. The van der Waals surface area contributed by atoms with Crippen LogP contribution in [0.5, 0.6) is 0 Å². The van der Waals surface area contributed by atoms with Crippen molar-refractivity contribution in [2.45, 2.75) is 10.8 Å². The molecule has 2 unspecified atom stereocenters. The van der Waals surface area contributed by atoms with E-state index in [9.17, 15) is 9.59 Å². The summed E-state index contributed by atoms with van der Waals surface area (Å²) < 4.78 is 2.83. The number of nitrogens with zero attached hydrogens (tertiary/aromatic N) is 2. The van der Waals surface area contributed by atoms with Crippen molar-refractivity contribution in [3.8, 4) is 0 Å². The molecule has 8 heteroatoms. The number of para-hydroxylation sites is 1. The molecule has 1 spiro atoms. The van der Waals surface area contributed by atoms with Gasteiger partial charge in [0.05, 0.1) is 16.7 Å². The van der Waals surface area contributed by atoms with E-state index in [1.165, 1.54) is 11.9 Å². The number of fused-ring (bicyclic) bond motifs is 2. The van der Waals surface area contributed by atoms with Gasteiger partial charge in [0.1, 0.15) is 0 Å². The molecule has 168 valence electrons. The van der Waals surface area contributed by atoms with Crippen LogP contribution in [0.3, 0.4) is 0 Å². The number of hydrogen-bond donors (Lipinski definition) is 1. The van der Waals surface area contributed by atoms with Crippen LogP contribution in [0.1, 0.15) is 21.9 Å². The number of halogens is 1. The second-order valence-corrected chi connectivity index (χ2v) is 11.0. The first kappa shape index (κ1) is 21.7. The van der Waals surface area contributed by atoms with Gasteiger partial charge in [-0.2, -0.15) is 0 Å². The zero-order valence-corrected chi connectivity index (χ0v) is 21.0. The maximum atomic E-state index is 13.4. The number of carbonyl (C=O) groups excluding carboxylic acids is 2. The van der Waals surface area contributed by atoms with E-state index in [1.54, 1.807) is 11.8 Å². The third-order valence-electron chi connectivity index (χ3n) is 6.10. The molecule has 0 radical (unpaired) electrons. The van der Waals surface area contributed by atoms with Crippen LogP contribution in [0.25, 0.3) is 5.70 Å². The molecule has 6 rings (SSSR count). The molecule has 34 heavy (non-hydrogen) atoms. The number of Topliss-reactive ketones (excluding diaryl/α,β-unsaturated/α-hetero) is 1. The fraction of sp³-hybridized carbons (Fsp3) is 0.115. The summed E-state index contributed by atoms with van der Waals surface area (Å²) in [6.07, 6.45) is 2.14. The monoisotopic (exact) mass is 547 g/mol. The van der Waals surface area contributed by atoms with Crippen LogP contribution in [-0.2, 0) is 15.1 Å². The van der Waals surface area contributed by atoms with Crippen molar-refractivity contribution in [1.82, 2.24) is 4.31 Å². The van der Waals surface area contributed by atoms with Crippen LogP contribution in [-0.4, -0.2) is 26.9 Å². The lowest BCUT2D eigenvalue weighted by Gasteiger charge is -2.34. The zero-order valence-electron chi connectivity index (χ0n) is 17.8. The van der Waals surface area contributed by atoms with E-state index in [1.807, 2.05) is 71.0 Å². The minimum absolute atomic E-state index is 0.0340. The Hall–Kier alpha value is -2.81. The fourth-order valence-corrected chi connectivity index (χ4v) is 7.40. The smallest absolute Gasteiger partial charge is 0.263 e. The maximum Gasteiger partial charge on any atom is 0.263 e. The second kappa shape index (κ2) is 8.45. The number of nitrogens with one attached hydrogen (secondary N) is 1.